The Balaban J connectivity index is 2.15. The molecule has 0 heterocycles. The van der Waals surface area contributed by atoms with Crippen LogP contribution in [0.1, 0.15) is 51.1 Å². The van der Waals surface area contributed by atoms with Crippen LogP contribution >= 0.6 is 15.9 Å². The Morgan fingerprint density at radius 2 is 2.10 bits per heavy atom. The summed E-state index contributed by atoms with van der Waals surface area (Å²) in [6.45, 7) is 5.79. The largest absolute Gasteiger partial charge is 0.493 e. The number of rotatable bonds is 8. The third-order valence-corrected chi connectivity index (χ3v) is 5.00. The van der Waals surface area contributed by atoms with E-state index in [9.17, 15) is 0 Å². The van der Waals surface area contributed by atoms with E-state index >= 15 is 0 Å². The fourth-order valence-electron chi connectivity index (χ4n) is 3.00. The van der Waals surface area contributed by atoms with Crippen LogP contribution in [0.5, 0.6) is 5.75 Å². The van der Waals surface area contributed by atoms with E-state index in [0.717, 1.165) is 23.2 Å². The van der Waals surface area contributed by atoms with Gasteiger partial charge < -0.3 is 14.8 Å². The average Bonchev–Trinajstić information content (AvgIpc) is 2.44. The van der Waals surface area contributed by atoms with Crippen LogP contribution in [0.2, 0.25) is 0 Å². The predicted octanol–water partition coefficient (Wildman–Crippen LogP) is 4.46. The molecule has 0 aliphatic heterocycles. The van der Waals surface area contributed by atoms with Gasteiger partial charge in [0, 0.05) is 13.2 Å². The van der Waals surface area contributed by atoms with Gasteiger partial charge in [0.15, 0.2) is 0 Å². The van der Waals surface area contributed by atoms with Crippen molar-refractivity contribution >= 4 is 15.9 Å². The molecule has 1 saturated carbocycles. The van der Waals surface area contributed by atoms with Crippen LogP contribution in [0.3, 0.4) is 0 Å². The molecule has 1 fully saturated rings. The second-order valence-corrected chi connectivity index (χ2v) is 6.53. The highest BCUT2D eigenvalue weighted by atomic mass is 79.9. The molecule has 1 N–H and O–H groups in total. The molecule has 2 rings (SSSR count). The average molecular weight is 356 g/mol. The van der Waals surface area contributed by atoms with Crippen LogP contribution in [-0.4, -0.2) is 25.9 Å². The highest BCUT2D eigenvalue weighted by Crippen LogP contribution is 2.42. The second-order valence-electron chi connectivity index (χ2n) is 5.68. The Bertz CT molecular complexity index is 455. The topological polar surface area (TPSA) is 30.5 Å². The summed E-state index contributed by atoms with van der Waals surface area (Å²) < 4.78 is 12.4. The van der Waals surface area contributed by atoms with E-state index in [4.69, 9.17) is 9.47 Å². The van der Waals surface area contributed by atoms with Gasteiger partial charge in [-0.2, -0.15) is 0 Å². The van der Waals surface area contributed by atoms with E-state index < -0.39 is 0 Å². The number of benzene rings is 1. The van der Waals surface area contributed by atoms with Crippen molar-refractivity contribution in [1.29, 1.82) is 0 Å². The molecule has 118 valence electrons. The van der Waals surface area contributed by atoms with Crippen LogP contribution < -0.4 is 10.1 Å². The van der Waals surface area contributed by atoms with E-state index in [1.54, 1.807) is 0 Å². The lowest BCUT2D eigenvalue weighted by molar-refractivity contribution is -0.0837. The molecule has 0 saturated heterocycles. The molecular weight excluding hydrogens is 330 g/mol. The lowest BCUT2D eigenvalue weighted by Gasteiger charge is -2.43. The molecular formula is C17H26BrNO2. The van der Waals surface area contributed by atoms with Crippen molar-refractivity contribution in [3.8, 4) is 5.75 Å². The monoisotopic (exact) mass is 355 g/mol. The quantitative estimate of drug-likeness (QED) is 0.746. The fourth-order valence-corrected chi connectivity index (χ4v) is 3.51. The first-order chi connectivity index (χ1) is 10.1. The van der Waals surface area contributed by atoms with E-state index in [1.807, 2.05) is 20.1 Å². The molecule has 4 heteroatoms. The number of methoxy groups -OCH3 is 1. The van der Waals surface area contributed by atoms with E-state index in [2.05, 4.69) is 40.3 Å². The maximum absolute atomic E-state index is 5.79. The number of hydrogen-bond donors (Lipinski definition) is 1. The van der Waals surface area contributed by atoms with Gasteiger partial charge in [-0.05, 0) is 72.8 Å². The molecule has 1 unspecified atom stereocenters. The molecule has 0 amide bonds. The van der Waals surface area contributed by atoms with Gasteiger partial charge in [0.25, 0.3) is 0 Å². The van der Waals surface area contributed by atoms with E-state index in [1.165, 1.54) is 24.8 Å². The Labute approximate surface area is 136 Å². The minimum absolute atomic E-state index is 0.0674. The molecule has 3 nitrogen and oxygen atoms in total. The molecule has 1 aromatic rings. The zero-order valence-corrected chi connectivity index (χ0v) is 14.8. The molecule has 0 radical (unpaired) electrons. The minimum Gasteiger partial charge on any atom is -0.493 e. The maximum Gasteiger partial charge on any atom is 0.133 e. The SMILES string of the molecule is CCNC(CC1(OC)CCC1)c1ccc(OCC)c(Br)c1. The summed E-state index contributed by atoms with van der Waals surface area (Å²) in [7, 11) is 1.84. The third kappa shape index (κ3) is 3.99. The molecule has 21 heavy (non-hydrogen) atoms. The van der Waals surface area contributed by atoms with Crippen molar-refractivity contribution < 1.29 is 9.47 Å². The van der Waals surface area contributed by atoms with Crippen molar-refractivity contribution in [3.63, 3.8) is 0 Å². The first-order valence-corrected chi connectivity index (χ1v) is 8.64. The number of nitrogens with one attached hydrogen (secondary N) is 1. The van der Waals surface area contributed by atoms with Crippen LogP contribution in [0.4, 0.5) is 0 Å². The normalized spacial score (nSPS) is 18.1. The summed E-state index contributed by atoms with van der Waals surface area (Å²) in [5, 5.41) is 3.59. The molecule has 1 atom stereocenters. The lowest BCUT2D eigenvalue weighted by Crippen LogP contribution is -2.42. The van der Waals surface area contributed by atoms with Gasteiger partial charge in [-0.1, -0.05) is 13.0 Å². The number of halogens is 1. The third-order valence-electron chi connectivity index (χ3n) is 4.38. The Hall–Kier alpha value is -0.580. The lowest BCUT2D eigenvalue weighted by atomic mass is 9.74. The van der Waals surface area contributed by atoms with Crippen LogP contribution in [0.25, 0.3) is 0 Å². The molecule has 0 spiro atoms. The summed E-state index contributed by atoms with van der Waals surface area (Å²) in [4.78, 5) is 0. The minimum atomic E-state index is 0.0674. The fraction of sp³-hybridized carbons (Fsp3) is 0.647. The predicted molar refractivity (Wildman–Crippen MR) is 89.9 cm³/mol. The zero-order valence-electron chi connectivity index (χ0n) is 13.2. The molecule has 1 aromatic carbocycles. The van der Waals surface area contributed by atoms with Crippen LogP contribution in [-0.2, 0) is 4.74 Å². The molecule has 0 aromatic heterocycles. The highest BCUT2D eigenvalue weighted by molar-refractivity contribution is 9.10. The van der Waals surface area contributed by atoms with Gasteiger partial charge >= 0.3 is 0 Å². The highest BCUT2D eigenvalue weighted by Gasteiger charge is 2.39. The number of ether oxygens (including phenoxy) is 2. The smallest absolute Gasteiger partial charge is 0.133 e. The van der Waals surface area contributed by atoms with Crippen LogP contribution in [0, 0.1) is 0 Å². The van der Waals surface area contributed by atoms with Crippen molar-refractivity contribution in [2.45, 2.75) is 51.2 Å². The molecule has 1 aliphatic carbocycles. The molecule has 0 bridgehead atoms. The van der Waals surface area contributed by atoms with Gasteiger partial charge in [-0.3, -0.25) is 0 Å². The number of hydrogen-bond acceptors (Lipinski definition) is 3. The van der Waals surface area contributed by atoms with E-state index in [0.29, 0.717) is 12.6 Å². The Kier molecular flexibility index (Phi) is 6.08. The maximum atomic E-state index is 5.79. The standard InChI is InChI=1S/C17H26BrNO2/c1-4-19-15(12-17(20-3)9-6-10-17)13-7-8-16(21-5-2)14(18)11-13/h7-8,11,15,19H,4-6,9-10,12H2,1-3H3. The summed E-state index contributed by atoms with van der Waals surface area (Å²) >= 11 is 3.61. The van der Waals surface area contributed by atoms with Gasteiger partial charge in [0.1, 0.15) is 5.75 Å². The van der Waals surface area contributed by atoms with Crippen molar-refractivity contribution in [3.05, 3.63) is 28.2 Å². The van der Waals surface area contributed by atoms with Gasteiger partial charge in [0.05, 0.1) is 16.7 Å². The van der Waals surface area contributed by atoms with Crippen molar-refractivity contribution in [2.24, 2.45) is 0 Å². The van der Waals surface area contributed by atoms with Gasteiger partial charge in [-0.15, -0.1) is 0 Å². The first kappa shape index (κ1) is 16.8. The summed E-state index contributed by atoms with van der Waals surface area (Å²) in [5.74, 6) is 0.904. The second kappa shape index (κ2) is 7.61. The van der Waals surface area contributed by atoms with Crippen molar-refractivity contribution in [1.82, 2.24) is 5.32 Å². The Morgan fingerprint density at radius 3 is 2.57 bits per heavy atom. The first-order valence-electron chi connectivity index (χ1n) is 7.85. The van der Waals surface area contributed by atoms with Crippen LogP contribution in [0.15, 0.2) is 22.7 Å². The van der Waals surface area contributed by atoms with E-state index in [-0.39, 0.29) is 5.60 Å². The van der Waals surface area contributed by atoms with Gasteiger partial charge in [-0.25, -0.2) is 0 Å². The zero-order chi connectivity index (χ0) is 15.3. The summed E-state index contributed by atoms with van der Waals surface area (Å²) in [5.41, 5.74) is 1.35. The summed E-state index contributed by atoms with van der Waals surface area (Å²) in [6.07, 6.45) is 4.64. The van der Waals surface area contributed by atoms with Crippen molar-refractivity contribution in [2.75, 3.05) is 20.3 Å². The summed E-state index contributed by atoms with van der Waals surface area (Å²) in [6, 6.07) is 6.70. The Morgan fingerprint density at radius 1 is 1.33 bits per heavy atom. The van der Waals surface area contributed by atoms with Gasteiger partial charge in [0.2, 0.25) is 0 Å². The molecule has 1 aliphatic rings.